The van der Waals surface area contributed by atoms with Crippen molar-refractivity contribution < 1.29 is 4.79 Å². The minimum Gasteiger partial charge on any atom is -0.384 e. The summed E-state index contributed by atoms with van der Waals surface area (Å²) in [5.41, 5.74) is 5.72. The molecule has 0 unspecified atom stereocenters. The number of aromatic nitrogens is 4. The van der Waals surface area contributed by atoms with E-state index in [-0.39, 0.29) is 22.5 Å². The third-order valence-corrected chi connectivity index (χ3v) is 4.17. The number of anilines is 2. The van der Waals surface area contributed by atoms with Crippen LogP contribution in [0.15, 0.2) is 34.0 Å². The molecule has 3 rings (SSSR count). The fourth-order valence-electron chi connectivity index (χ4n) is 2.74. The second-order valence-electron chi connectivity index (χ2n) is 6.38. The van der Waals surface area contributed by atoms with Gasteiger partial charge in [0.15, 0.2) is 5.65 Å². The van der Waals surface area contributed by atoms with E-state index in [0.717, 1.165) is 0 Å². The van der Waals surface area contributed by atoms with E-state index in [2.05, 4.69) is 20.3 Å². The number of hydrogen-bond acceptors (Lipinski definition) is 6. The zero-order valence-corrected chi connectivity index (χ0v) is 15.2. The number of fused-ring (bicyclic) bond motifs is 1. The molecule has 3 heterocycles. The quantitative estimate of drug-likeness (QED) is 0.638. The lowest BCUT2D eigenvalue weighted by Gasteiger charge is -2.14. The highest BCUT2D eigenvalue weighted by Crippen LogP contribution is 2.21. The Labute approximate surface area is 154 Å². The Morgan fingerprint density at radius 2 is 2.07 bits per heavy atom. The summed E-state index contributed by atoms with van der Waals surface area (Å²) >= 11 is 0. The van der Waals surface area contributed by atoms with Crippen molar-refractivity contribution in [3.63, 3.8) is 0 Å². The Hall–Kier alpha value is -3.49. The average molecular weight is 368 g/mol. The molecule has 0 bridgehead atoms. The molecule has 0 saturated heterocycles. The van der Waals surface area contributed by atoms with Crippen molar-refractivity contribution >= 4 is 28.4 Å². The number of aryl methyl sites for hydroxylation is 1. The fraction of sp³-hybridized carbons (Fsp3) is 0.278. The standard InChI is InChI=1S/C18H20N6O3/c1-4-24-15-14(17(26)23-18(24)27)11(7-12(22-15)9(2)3)16(25)21-10-5-6-13(19)20-8-10/h5-9H,4H2,1-3H3,(H2,19,20)(H,21,25)(H,23,26,27). The van der Waals surface area contributed by atoms with Gasteiger partial charge in [-0.05, 0) is 31.0 Å². The molecular weight excluding hydrogens is 348 g/mol. The number of hydrogen-bond donors (Lipinski definition) is 3. The number of amides is 1. The largest absolute Gasteiger partial charge is 0.384 e. The summed E-state index contributed by atoms with van der Waals surface area (Å²) in [6.07, 6.45) is 1.42. The number of H-pyrrole nitrogens is 1. The summed E-state index contributed by atoms with van der Waals surface area (Å²) in [5, 5.41) is 2.77. The van der Waals surface area contributed by atoms with Crippen molar-refractivity contribution in [3.8, 4) is 0 Å². The molecule has 9 nitrogen and oxygen atoms in total. The topological polar surface area (TPSA) is 136 Å². The molecule has 0 spiro atoms. The molecule has 9 heteroatoms. The monoisotopic (exact) mass is 368 g/mol. The third-order valence-electron chi connectivity index (χ3n) is 4.17. The van der Waals surface area contributed by atoms with Crippen molar-refractivity contribution in [3.05, 3.63) is 56.5 Å². The van der Waals surface area contributed by atoms with Crippen LogP contribution in [0.4, 0.5) is 11.5 Å². The number of pyridine rings is 2. The predicted molar refractivity (Wildman–Crippen MR) is 103 cm³/mol. The molecule has 0 aliphatic heterocycles. The van der Waals surface area contributed by atoms with Gasteiger partial charge in [-0.15, -0.1) is 0 Å². The lowest BCUT2D eigenvalue weighted by molar-refractivity contribution is 0.102. The van der Waals surface area contributed by atoms with Gasteiger partial charge in [0.1, 0.15) is 5.82 Å². The van der Waals surface area contributed by atoms with Crippen LogP contribution in [0.3, 0.4) is 0 Å². The number of nitrogens with zero attached hydrogens (tertiary/aromatic N) is 3. The summed E-state index contributed by atoms with van der Waals surface area (Å²) in [6.45, 7) is 5.91. The van der Waals surface area contributed by atoms with Crippen LogP contribution >= 0.6 is 0 Å². The molecule has 4 N–H and O–H groups in total. The molecule has 1 amide bonds. The Kier molecular flexibility index (Phi) is 4.76. The first-order valence-corrected chi connectivity index (χ1v) is 8.52. The molecule has 0 aliphatic carbocycles. The van der Waals surface area contributed by atoms with Gasteiger partial charge >= 0.3 is 5.69 Å². The Balaban J connectivity index is 2.24. The number of carbonyl (C=O) groups is 1. The van der Waals surface area contributed by atoms with Crippen LogP contribution in [0.2, 0.25) is 0 Å². The molecule has 0 aliphatic rings. The highest BCUT2D eigenvalue weighted by atomic mass is 16.2. The first-order valence-electron chi connectivity index (χ1n) is 8.52. The van der Waals surface area contributed by atoms with Gasteiger partial charge in [-0.2, -0.15) is 0 Å². The molecule has 3 aromatic heterocycles. The van der Waals surface area contributed by atoms with Gasteiger partial charge in [-0.1, -0.05) is 13.8 Å². The number of rotatable bonds is 4. The minimum atomic E-state index is -0.650. The average Bonchev–Trinajstić information content (AvgIpc) is 2.62. The summed E-state index contributed by atoms with van der Waals surface area (Å²) in [6, 6.07) is 4.74. The number of nitrogens with one attached hydrogen (secondary N) is 2. The van der Waals surface area contributed by atoms with Gasteiger partial charge in [-0.25, -0.2) is 14.8 Å². The van der Waals surface area contributed by atoms with E-state index < -0.39 is 17.2 Å². The third kappa shape index (κ3) is 3.43. The second-order valence-corrected chi connectivity index (χ2v) is 6.38. The Bertz CT molecular complexity index is 1130. The zero-order valence-electron chi connectivity index (χ0n) is 15.2. The molecule has 140 valence electrons. The number of aromatic amines is 1. The maximum Gasteiger partial charge on any atom is 0.329 e. The van der Waals surface area contributed by atoms with Gasteiger partial charge in [-0.3, -0.25) is 19.1 Å². The predicted octanol–water partition coefficient (Wildman–Crippen LogP) is 1.46. The van der Waals surface area contributed by atoms with Gasteiger partial charge in [0.25, 0.3) is 11.5 Å². The van der Waals surface area contributed by atoms with Crippen LogP contribution < -0.4 is 22.3 Å². The second kappa shape index (κ2) is 7.02. The zero-order chi connectivity index (χ0) is 19.7. The van der Waals surface area contributed by atoms with Crippen LogP contribution in [0.1, 0.15) is 42.7 Å². The van der Waals surface area contributed by atoms with Gasteiger partial charge < -0.3 is 11.1 Å². The van der Waals surface area contributed by atoms with E-state index in [0.29, 0.717) is 23.7 Å². The molecule has 0 atom stereocenters. The Morgan fingerprint density at radius 1 is 1.33 bits per heavy atom. The molecular formula is C18H20N6O3. The lowest BCUT2D eigenvalue weighted by atomic mass is 10.0. The molecule has 27 heavy (non-hydrogen) atoms. The van der Waals surface area contributed by atoms with Crippen LogP contribution in [0.5, 0.6) is 0 Å². The van der Waals surface area contributed by atoms with Gasteiger partial charge in [0.2, 0.25) is 0 Å². The summed E-state index contributed by atoms with van der Waals surface area (Å²) in [5.74, 6) is -0.172. The van der Waals surface area contributed by atoms with E-state index in [4.69, 9.17) is 5.73 Å². The van der Waals surface area contributed by atoms with Gasteiger partial charge in [0.05, 0.1) is 22.8 Å². The minimum absolute atomic E-state index is 0.00108. The SMILES string of the molecule is CCn1c(=O)[nH]c(=O)c2c(C(=O)Nc3ccc(N)nc3)cc(C(C)C)nc21. The molecule has 0 radical (unpaired) electrons. The van der Waals surface area contributed by atoms with Crippen molar-refractivity contribution in [1.82, 2.24) is 19.5 Å². The van der Waals surface area contributed by atoms with E-state index in [9.17, 15) is 14.4 Å². The highest BCUT2D eigenvalue weighted by molar-refractivity contribution is 6.11. The van der Waals surface area contributed by atoms with Crippen LogP contribution in [0.25, 0.3) is 11.0 Å². The van der Waals surface area contributed by atoms with Crippen molar-refractivity contribution in [2.24, 2.45) is 0 Å². The first kappa shape index (κ1) is 18.3. The molecule has 0 fully saturated rings. The van der Waals surface area contributed by atoms with E-state index in [1.807, 2.05) is 13.8 Å². The van der Waals surface area contributed by atoms with E-state index in [1.54, 1.807) is 25.1 Å². The van der Waals surface area contributed by atoms with Crippen molar-refractivity contribution in [2.75, 3.05) is 11.1 Å². The number of carbonyl (C=O) groups excluding carboxylic acids is 1. The number of nitrogen functional groups attached to an aromatic ring is 1. The first-order chi connectivity index (χ1) is 12.8. The van der Waals surface area contributed by atoms with Crippen LogP contribution in [0, 0.1) is 0 Å². The van der Waals surface area contributed by atoms with Crippen molar-refractivity contribution in [1.29, 1.82) is 0 Å². The fourth-order valence-corrected chi connectivity index (χ4v) is 2.74. The molecule has 3 aromatic rings. The van der Waals surface area contributed by atoms with E-state index >= 15 is 0 Å². The van der Waals surface area contributed by atoms with Gasteiger partial charge in [0, 0.05) is 12.2 Å². The normalized spacial score (nSPS) is 11.1. The summed E-state index contributed by atoms with van der Waals surface area (Å²) in [4.78, 5) is 48.1. The summed E-state index contributed by atoms with van der Waals surface area (Å²) < 4.78 is 1.34. The molecule has 0 aromatic carbocycles. The maximum absolute atomic E-state index is 12.9. The molecule has 0 saturated carbocycles. The maximum atomic E-state index is 12.9. The summed E-state index contributed by atoms with van der Waals surface area (Å²) in [7, 11) is 0. The highest BCUT2D eigenvalue weighted by Gasteiger charge is 2.20. The van der Waals surface area contributed by atoms with E-state index in [1.165, 1.54) is 10.8 Å². The van der Waals surface area contributed by atoms with Crippen LogP contribution in [-0.4, -0.2) is 25.4 Å². The Morgan fingerprint density at radius 3 is 2.67 bits per heavy atom. The lowest BCUT2D eigenvalue weighted by Crippen LogP contribution is -2.32. The smallest absolute Gasteiger partial charge is 0.329 e. The van der Waals surface area contributed by atoms with Crippen molar-refractivity contribution in [2.45, 2.75) is 33.2 Å². The number of nitrogens with two attached hydrogens (primary N) is 1. The van der Waals surface area contributed by atoms with Crippen LogP contribution in [-0.2, 0) is 6.54 Å².